The minimum atomic E-state index is -2.62. The van der Waals surface area contributed by atoms with E-state index in [1.165, 1.54) is 5.57 Å². The molecule has 3 rings (SSSR count). The maximum Gasteiger partial charge on any atom is 0.677 e. The van der Waals surface area contributed by atoms with Crippen LogP contribution in [0.3, 0.4) is 0 Å². The second kappa shape index (κ2) is 7.86. The first kappa shape index (κ1) is 20.2. The fourth-order valence-corrected chi connectivity index (χ4v) is 4.37. The second-order valence-electron chi connectivity index (χ2n) is 7.16. The van der Waals surface area contributed by atoms with Gasteiger partial charge in [0.05, 0.1) is 5.70 Å². The van der Waals surface area contributed by atoms with Crippen molar-refractivity contribution in [3.8, 4) is 0 Å². The van der Waals surface area contributed by atoms with Crippen molar-refractivity contribution < 1.29 is 8.63 Å². The third kappa shape index (κ3) is 3.15. The quantitative estimate of drug-likeness (QED) is 0.603. The maximum absolute atomic E-state index is 14.2. The summed E-state index contributed by atoms with van der Waals surface area (Å²) >= 11 is 0. The number of hydrogen-bond donors (Lipinski definition) is 0. The Morgan fingerprint density at radius 3 is 2.32 bits per heavy atom. The van der Waals surface area contributed by atoms with Crippen LogP contribution in [-0.2, 0) is 6.42 Å². The van der Waals surface area contributed by atoms with Crippen LogP contribution in [0.2, 0.25) is 0 Å². The molecule has 0 bridgehead atoms. The largest absolute Gasteiger partial charge is 0.677 e. The first-order valence-electron chi connectivity index (χ1n) is 9.72. The highest BCUT2D eigenvalue weighted by Gasteiger charge is 2.32. The highest BCUT2D eigenvalue weighted by Crippen LogP contribution is 2.40. The summed E-state index contributed by atoms with van der Waals surface area (Å²) in [5, 5.41) is 0. The summed E-state index contributed by atoms with van der Waals surface area (Å²) < 4.78 is 29.5. The zero-order valence-corrected chi connectivity index (χ0v) is 17.4. The molecule has 0 amide bonds. The number of aliphatic imine (C=N–C) groups is 1. The molecule has 2 aromatic rings. The molecule has 146 valence electrons. The van der Waals surface area contributed by atoms with Crippen LogP contribution in [-0.4, -0.2) is 22.6 Å². The van der Waals surface area contributed by atoms with E-state index in [0.29, 0.717) is 17.8 Å². The third-order valence-corrected chi connectivity index (χ3v) is 5.70. The lowest BCUT2D eigenvalue weighted by Crippen LogP contribution is -2.18. The van der Waals surface area contributed by atoms with Crippen molar-refractivity contribution in [2.75, 3.05) is 0 Å². The van der Waals surface area contributed by atoms with Crippen LogP contribution in [0.25, 0.3) is 5.57 Å². The Labute approximate surface area is 166 Å². The van der Waals surface area contributed by atoms with Crippen LogP contribution in [0.4, 0.5) is 8.63 Å². The van der Waals surface area contributed by atoms with Gasteiger partial charge in [0.2, 0.25) is 0 Å². The van der Waals surface area contributed by atoms with Crippen molar-refractivity contribution in [3.05, 3.63) is 69.4 Å². The van der Waals surface area contributed by atoms with E-state index in [0.717, 1.165) is 50.1 Å². The van der Waals surface area contributed by atoms with Gasteiger partial charge in [0.1, 0.15) is 0 Å². The van der Waals surface area contributed by atoms with E-state index in [-0.39, 0.29) is 0 Å². The summed E-state index contributed by atoms with van der Waals surface area (Å²) in [5.74, 6) is 0. The lowest BCUT2D eigenvalue weighted by Gasteiger charge is -2.16. The summed E-state index contributed by atoms with van der Waals surface area (Å²) in [7, 11) is -2.62. The summed E-state index contributed by atoms with van der Waals surface area (Å²) in [6, 6.07) is 3.75. The lowest BCUT2D eigenvalue weighted by molar-refractivity contribution is 0.623. The Bertz CT molecular complexity index is 999. The van der Waals surface area contributed by atoms with E-state index >= 15 is 0 Å². The molecule has 0 N–H and O–H groups in total. The van der Waals surface area contributed by atoms with Gasteiger partial charge in [0, 0.05) is 40.6 Å². The van der Waals surface area contributed by atoms with Gasteiger partial charge in [-0.1, -0.05) is 19.9 Å². The van der Waals surface area contributed by atoms with Crippen LogP contribution in [0.5, 0.6) is 0 Å². The fourth-order valence-electron chi connectivity index (χ4n) is 4.37. The first-order valence-corrected chi connectivity index (χ1v) is 9.72. The molecule has 0 aliphatic carbocycles. The topological polar surface area (TPSA) is 30.2 Å². The van der Waals surface area contributed by atoms with Crippen LogP contribution in [0.1, 0.15) is 62.2 Å². The monoisotopic (exact) mass is 381 g/mol. The second-order valence-corrected chi connectivity index (χ2v) is 7.16. The summed E-state index contributed by atoms with van der Waals surface area (Å²) in [4.78, 5) is 9.06. The molecule has 0 aromatic carbocycles. The Hall–Kier alpha value is -2.50. The normalized spacial score (nSPS) is 15.9. The summed E-state index contributed by atoms with van der Waals surface area (Å²) in [5.41, 5.74) is 8.50. The van der Waals surface area contributed by atoms with E-state index in [2.05, 4.69) is 11.9 Å². The Morgan fingerprint density at radius 2 is 1.82 bits per heavy atom. The van der Waals surface area contributed by atoms with Crippen molar-refractivity contribution >= 4 is 18.7 Å². The molecule has 0 saturated carbocycles. The molecule has 6 heteroatoms. The number of rotatable bonds is 5. The molecule has 0 radical (unpaired) electrons. The van der Waals surface area contributed by atoms with Crippen molar-refractivity contribution in [3.63, 3.8) is 0 Å². The Kier molecular flexibility index (Phi) is 5.68. The van der Waals surface area contributed by atoms with E-state index in [1.54, 1.807) is 19.3 Å². The molecule has 3 nitrogen and oxygen atoms in total. The van der Waals surface area contributed by atoms with Gasteiger partial charge in [-0.3, -0.25) is 18.6 Å². The van der Waals surface area contributed by atoms with Gasteiger partial charge in [0.25, 0.3) is 0 Å². The lowest BCUT2D eigenvalue weighted by atomic mass is 9.93. The third-order valence-electron chi connectivity index (χ3n) is 5.70. The van der Waals surface area contributed by atoms with Gasteiger partial charge in [-0.05, 0) is 68.9 Å². The molecular formula is C22H26BF2N3. The van der Waals surface area contributed by atoms with Crippen LogP contribution >= 0.6 is 0 Å². The zero-order valence-electron chi connectivity index (χ0n) is 17.4. The number of hydrogen-bond acceptors (Lipinski definition) is 2. The average molecular weight is 381 g/mol. The van der Waals surface area contributed by atoms with Crippen LogP contribution in [0, 0.1) is 13.8 Å². The number of halogens is 2. The highest BCUT2D eigenvalue weighted by atomic mass is 19.2. The number of allylic oxidation sites excluding steroid dienone is 2. The van der Waals surface area contributed by atoms with Gasteiger partial charge in [0.15, 0.2) is 0 Å². The van der Waals surface area contributed by atoms with Crippen molar-refractivity contribution in [2.45, 2.75) is 54.4 Å². The smallest absolute Gasteiger partial charge is 0.329 e. The molecule has 28 heavy (non-hydrogen) atoms. The van der Waals surface area contributed by atoms with E-state index in [4.69, 9.17) is 4.99 Å². The summed E-state index contributed by atoms with van der Waals surface area (Å²) in [6.07, 6.45) is 4.99. The number of pyridine rings is 1. The minimum Gasteiger partial charge on any atom is -0.329 e. The van der Waals surface area contributed by atoms with Gasteiger partial charge >= 0.3 is 7.40 Å². The minimum absolute atomic E-state index is 0.542. The fraction of sp³-hybridized carbons (Fsp3) is 0.364. The number of aromatic nitrogens is 2. The van der Waals surface area contributed by atoms with Gasteiger partial charge in [-0.15, -0.1) is 0 Å². The molecular weight excluding hydrogens is 355 g/mol. The van der Waals surface area contributed by atoms with Gasteiger partial charge < -0.3 is 4.48 Å². The molecule has 3 heterocycles. The predicted octanol–water partition coefficient (Wildman–Crippen LogP) is 5.79. The van der Waals surface area contributed by atoms with Crippen molar-refractivity contribution in [2.24, 2.45) is 4.99 Å². The zero-order chi connectivity index (χ0) is 20.6. The van der Waals surface area contributed by atoms with E-state index in [1.807, 2.05) is 39.8 Å². The standard InChI is InChI=1S/C22H26BF2N3/c1-7-18-13(3)21(27-15(18)5)20(17-10-9-11-26-12-17)22-14(4)19(8-2)16(6)28(22)23(24)25/h9-12H,7-8H2,1-6H3/b21-20-. The van der Waals surface area contributed by atoms with Gasteiger partial charge in [-0.2, -0.15) is 0 Å². The van der Waals surface area contributed by atoms with Gasteiger partial charge in [-0.25, -0.2) is 0 Å². The molecule has 2 aromatic heterocycles. The van der Waals surface area contributed by atoms with Crippen LogP contribution < -0.4 is 0 Å². The average Bonchev–Trinajstić information content (AvgIpc) is 3.09. The molecule has 0 unspecified atom stereocenters. The van der Waals surface area contributed by atoms with Crippen molar-refractivity contribution in [1.29, 1.82) is 0 Å². The van der Waals surface area contributed by atoms with E-state index in [9.17, 15) is 8.63 Å². The molecule has 0 spiro atoms. The van der Waals surface area contributed by atoms with Crippen molar-refractivity contribution in [1.82, 2.24) is 9.46 Å². The number of nitrogens with zero attached hydrogens (tertiary/aromatic N) is 3. The Balaban J connectivity index is 2.47. The predicted molar refractivity (Wildman–Crippen MR) is 113 cm³/mol. The maximum atomic E-state index is 14.2. The molecule has 1 aliphatic rings. The highest BCUT2D eigenvalue weighted by molar-refractivity contribution is 6.41. The molecule has 0 saturated heterocycles. The Morgan fingerprint density at radius 1 is 1.11 bits per heavy atom. The molecule has 1 aliphatic heterocycles. The molecule has 0 atom stereocenters. The molecule has 0 fully saturated rings. The van der Waals surface area contributed by atoms with Crippen LogP contribution in [0.15, 0.2) is 46.4 Å². The summed E-state index contributed by atoms with van der Waals surface area (Å²) in [6.45, 7) is 11.8. The van der Waals surface area contributed by atoms with E-state index < -0.39 is 7.40 Å². The SMILES string of the molecule is CCC1=C(C)/C(=C(\c2cccnc2)c2c(C)c(CC)c(C)n2B(F)F)N=C1C. The first-order chi connectivity index (χ1) is 13.3.